The molecule has 0 aromatic heterocycles. The number of nitrogens with two attached hydrogens (primary N) is 1. The Balaban J connectivity index is 3.83. The third kappa shape index (κ3) is 7.20. The summed E-state index contributed by atoms with van der Waals surface area (Å²) in [4.78, 5) is 2.46. The van der Waals surface area contributed by atoms with Crippen molar-refractivity contribution in [1.29, 1.82) is 0 Å². The highest BCUT2D eigenvalue weighted by Gasteiger charge is 2.13. The molecule has 98 valence electrons. The van der Waals surface area contributed by atoms with E-state index >= 15 is 0 Å². The average molecular weight is 230 g/mol. The molecule has 0 aromatic carbocycles. The van der Waals surface area contributed by atoms with Crippen LogP contribution in [0.2, 0.25) is 0 Å². The van der Waals surface area contributed by atoms with E-state index in [1.807, 2.05) is 0 Å². The minimum absolute atomic E-state index is 0.621. The standard InChI is InChI=1S/C13H30N2O/c1-5-13(6-2)15(8-7-14)9-10-16-11-12(3)4/h12-13H,5-11,14H2,1-4H3. The first kappa shape index (κ1) is 15.9. The second-order valence-electron chi connectivity index (χ2n) is 4.76. The topological polar surface area (TPSA) is 38.5 Å². The van der Waals surface area contributed by atoms with Crippen molar-refractivity contribution in [2.45, 2.75) is 46.6 Å². The van der Waals surface area contributed by atoms with Gasteiger partial charge in [-0.3, -0.25) is 4.90 Å². The zero-order valence-electron chi connectivity index (χ0n) is 11.5. The predicted octanol–water partition coefficient (Wildman–Crippen LogP) is 2.11. The molecule has 0 radical (unpaired) electrons. The van der Waals surface area contributed by atoms with E-state index in [4.69, 9.17) is 10.5 Å². The second kappa shape index (κ2) is 10.1. The van der Waals surface area contributed by atoms with Gasteiger partial charge in [-0.1, -0.05) is 27.7 Å². The number of hydrogen-bond donors (Lipinski definition) is 1. The minimum Gasteiger partial charge on any atom is -0.380 e. The zero-order chi connectivity index (χ0) is 12.4. The van der Waals surface area contributed by atoms with E-state index in [1.54, 1.807) is 0 Å². The lowest BCUT2D eigenvalue weighted by atomic mass is 10.1. The number of hydrogen-bond acceptors (Lipinski definition) is 3. The molecule has 0 heterocycles. The third-order valence-electron chi connectivity index (χ3n) is 2.85. The summed E-state index contributed by atoms with van der Waals surface area (Å²) in [5, 5.41) is 0. The van der Waals surface area contributed by atoms with E-state index in [2.05, 4.69) is 32.6 Å². The van der Waals surface area contributed by atoms with Crippen molar-refractivity contribution in [2.75, 3.05) is 32.8 Å². The molecule has 0 fully saturated rings. The van der Waals surface area contributed by atoms with Gasteiger partial charge in [-0.2, -0.15) is 0 Å². The lowest BCUT2D eigenvalue weighted by Gasteiger charge is -2.29. The van der Waals surface area contributed by atoms with Crippen molar-refractivity contribution in [1.82, 2.24) is 4.90 Å². The molecule has 0 aromatic rings. The molecule has 0 amide bonds. The molecule has 0 bridgehead atoms. The van der Waals surface area contributed by atoms with Crippen LogP contribution in [0.3, 0.4) is 0 Å². The first-order chi connectivity index (χ1) is 7.65. The first-order valence-electron chi connectivity index (χ1n) is 6.67. The van der Waals surface area contributed by atoms with Gasteiger partial charge in [-0.25, -0.2) is 0 Å². The Morgan fingerprint density at radius 3 is 2.19 bits per heavy atom. The molecule has 0 spiro atoms. The average Bonchev–Trinajstić information content (AvgIpc) is 2.25. The van der Waals surface area contributed by atoms with Crippen molar-refractivity contribution in [3.63, 3.8) is 0 Å². The Morgan fingerprint density at radius 2 is 1.75 bits per heavy atom. The second-order valence-corrected chi connectivity index (χ2v) is 4.76. The fourth-order valence-electron chi connectivity index (χ4n) is 1.95. The van der Waals surface area contributed by atoms with Gasteiger partial charge in [0.25, 0.3) is 0 Å². The number of ether oxygens (including phenoxy) is 1. The fraction of sp³-hybridized carbons (Fsp3) is 1.00. The van der Waals surface area contributed by atoms with Crippen LogP contribution in [-0.4, -0.2) is 43.8 Å². The summed E-state index contributed by atoms with van der Waals surface area (Å²) >= 11 is 0. The Kier molecular flexibility index (Phi) is 9.99. The van der Waals surface area contributed by atoms with E-state index in [0.29, 0.717) is 12.0 Å². The molecule has 3 nitrogen and oxygen atoms in total. The van der Waals surface area contributed by atoms with Gasteiger partial charge in [-0.15, -0.1) is 0 Å². The molecule has 3 heteroatoms. The minimum atomic E-state index is 0.621. The summed E-state index contributed by atoms with van der Waals surface area (Å²) in [5.41, 5.74) is 5.65. The van der Waals surface area contributed by atoms with E-state index in [-0.39, 0.29) is 0 Å². The molecule has 0 unspecified atom stereocenters. The van der Waals surface area contributed by atoms with Gasteiger partial charge in [-0.05, 0) is 18.8 Å². The molecule has 0 aliphatic rings. The van der Waals surface area contributed by atoms with Crippen molar-refractivity contribution >= 4 is 0 Å². The van der Waals surface area contributed by atoms with Crippen LogP contribution in [0.1, 0.15) is 40.5 Å². The number of rotatable bonds is 10. The van der Waals surface area contributed by atoms with Crippen LogP contribution >= 0.6 is 0 Å². The normalized spacial score (nSPS) is 12.0. The molecular formula is C13H30N2O. The van der Waals surface area contributed by atoms with Crippen LogP contribution in [0.15, 0.2) is 0 Å². The summed E-state index contributed by atoms with van der Waals surface area (Å²) in [6.45, 7) is 13.3. The van der Waals surface area contributed by atoms with Crippen LogP contribution < -0.4 is 5.73 Å². The van der Waals surface area contributed by atoms with Gasteiger partial charge < -0.3 is 10.5 Å². The molecule has 0 atom stereocenters. The van der Waals surface area contributed by atoms with Crippen molar-refractivity contribution in [2.24, 2.45) is 11.7 Å². The largest absolute Gasteiger partial charge is 0.380 e. The molecule has 0 aliphatic heterocycles. The summed E-state index contributed by atoms with van der Waals surface area (Å²) in [6.07, 6.45) is 2.39. The Hall–Kier alpha value is -0.120. The monoisotopic (exact) mass is 230 g/mol. The van der Waals surface area contributed by atoms with Gasteiger partial charge in [0.05, 0.1) is 6.61 Å². The van der Waals surface area contributed by atoms with Crippen molar-refractivity contribution < 1.29 is 4.74 Å². The van der Waals surface area contributed by atoms with E-state index in [9.17, 15) is 0 Å². The summed E-state index contributed by atoms with van der Waals surface area (Å²) < 4.78 is 5.63. The maximum absolute atomic E-state index is 5.65. The van der Waals surface area contributed by atoms with Gasteiger partial charge in [0.1, 0.15) is 0 Å². The van der Waals surface area contributed by atoms with Gasteiger partial charge in [0.2, 0.25) is 0 Å². The smallest absolute Gasteiger partial charge is 0.0593 e. The quantitative estimate of drug-likeness (QED) is 0.584. The Bertz CT molecular complexity index is 147. The van der Waals surface area contributed by atoms with E-state index in [0.717, 1.165) is 32.8 Å². The maximum Gasteiger partial charge on any atom is 0.0593 e. The lowest BCUT2D eigenvalue weighted by molar-refractivity contribution is 0.0712. The van der Waals surface area contributed by atoms with E-state index in [1.165, 1.54) is 12.8 Å². The number of nitrogens with zero attached hydrogens (tertiary/aromatic N) is 1. The highest BCUT2D eigenvalue weighted by molar-refractivity contribution is 4.69. The van der Waals surface area contributed by atoms with Crippen LogP contribution in [0, 0.1) is 5.92 Å². The van der Waals surface area contributed by atoms with Crippen molar-refractivity contribution in [3.8, 4) is 0 Å². The van der Waals surface area contributed by atoms with Crippen LogP contribution in [0.25, 0.3) is 0 Å². The molecule has 0 rings (SSSR count). The highest BCUT2D eigenvalue weighted by atomic mass is 16.5. The third-order valence-corrected chi connectivity index (χ3v) is 2.85. The lowest BCUT2D eigenvalue weighted by Crippen LogP contribution is -2.40. The van der Waals surface area contributed by atoms with Crippen LogP contribution in [0.4, 0.5) is 0 Å². The van der Waals surface area contributed by atoms with Crippen molar-refractivity contribution in [3.05, 3.63) is 0 Å². The maximum atomic E-state index is 5.65. The molecule has 0 saturated carbocycles. The van der Waals surface area contributed by atoms with Gasteiger partial charge in [0, 0.05) is 32.3 Å². The predicted molar refractivity (Wildman–Crippen MR) is 70.7 cm³/mol. The molecule has 2 N–H and O–H groups in total. The molecule has 0 saturated heterocycles. The molecular weight excluding hydrogens is 200 g/mol. The Morgan fingerprint density at radius 1 is 1.12 bits per heavy atom. The van der Waals surface area contributed by atoms with Gasteiger partial charge >= 0.3 is 0 Å². The van der Waals surface area contributed by atoms with Crippen LogP contribution in [0.5, 0.6) is 0 Å². The van der Waals surface area contributed by atoms with Crippen LogP contribution in [-0.2, 0) is 4.74 Å². The zero-order valence-corrected chi connectivity index (χ0v) is 11.5. The SMILES string of the molecule is CCC(CC)N(CCN)CCOCC(C)C. The highest BCUT2D eigenvalue weighted by Crippen LogP contribution is 2.07. The first-order valence-corrected chi connectivity index (χ1v) is 6.67. The van der Waals surface area contributed by atoms with E-state index < -0.39 is 0 Å². The molecule has 0 aliphatic carbocycles. The van der Waals surface area contributed by atoms with Gasteiger partial charge in [0.15, 0.2) is 0 Å². The fourth-order valence-corrected chi connectivity index (χ4v) is 1.95. The summed E-state index contributed by atoms with van der Waals surface area (Å²) in [6, 6.07) is 0.659. The summed E-state index contributed by atoms with van der Waals surface area (Å²) in [7, 11) is 0. The summed E-state index contributed by atoms with van der Waals surface area (Å²) in [5.74, 6) is 0.621. The Labute approximate surface area is 101 Å². The molecule has 16 heavy (non-hydrogen) atoms.